The van der Waals surface area contributed by atoms with Crippen molar-refractivity contribution in [1.82, 2.24) is 0 Å². The van der Waals surface area contributed by atoms with E-state index in [1.807, 2.05) is 0 Å². The third kappa shape index (κ3) is 0.658. The van der Waals surface area contributed by atoms with Crippen molar-refractivity contribution < 1.29 is 0 Å². The number of allylic oxidation sites excluding steroid dienone is 3. The highest BCUT2D eigenvalue weighted by Crippen LogP contribution is 2.43. The van der Waals surface area contributed by atoms with Gasteiger partial charge in [0.15, 0.2) is 0 Å². The largest absolute Gasteiger partial charge is 0.103 e. The van der Waals surface area contributed by atoms with E-state index in [9.17, 15) is 0 Å². The quantitative estimate of drug-likeness (QED) is 0.466. The SMILES string of the molecule is C=C[C@@H]1C[C@@H]2C=C[C@@H]1C2. The molecule has 3 atom stereocenters. The summed E-state index contributed by atoms with van der Waals surface area (Å²) in [4.78, 5) is 0. The van der Waals surface area contributed by atoms with Gasteiger partial charge in [-0.3, -0.25) is 0 Å². The Morgan fingerprint density at radius 3 is 2.56 bits per heavy atom. The summed E-state index contributed by atoms with van der Waals surface area (Å²) in [7, 11) is 0. The van der Waals surface area contributed by atoms with Crippen LogP contribution in [0.1, 0.15) is 12.8 Å². The van der Waals surface area contributed by atoms with Crippen LogP contribution in [0.15, 0.2) is 24.8 Å². The second-order valence-corrected chi connectivity index (χ2v) is 3.18. The third-order valence-corrected chi connectivity index (χ3v) is 2.63. The lowest BCUT2D eigenvalue weighted by atomic mass is 9.94. The van der Waals surface area contributed by atoms with Crippen LogP contribution in [0, 0.1) is 17.8 Å². The van der Waals surface area contributed by atoms with Crippen molar-refractivity contribution in [3.8, 4) is 0 Å². The van der Waals surface area contributed by atoms with E-state index in [0.29, 0.717) is 0 Å². The van der Waals surface area contributed by atoms with Crippen LogP contribution in [0.25, 0.3) is 0 Å². The predicted octanol–water partition coefficient (Wildman–Crippen LogP) is 2.38. The van der Waals surface area contributed by atoms with Gasteiger partial charge in [-0.25, -0.2) is 0 Å². The fourth-order valence-corrected chi connectivity index (χ4v) is 2.09. The fourth-order valence-electron chi connectivity index (χ4n) is 2.09. The van der Waals surface area contributed by atoms with Crippen LogP contribution >= 0.6 is 0 Å². The number of hydrogen-bond acceptors (Lipinski definition) is 0. The molecule has 0 nitrogen and oxygen atoms in total. The molecule has 2 aliphatic rings. The van der Waals surface area contributed by atoms with E-state index >= 15 is 0 Å². The normalized spacial score (nSPS) is 46.0. The van der Waals surface area contributed by atoms with Gasteiger partial charge < -0.3 is 0 Å². The molecular weight excluding hydrogens is 108 g/mol. The third-order valence-electron chi connectivity index (χ3n) is 2.63. The molecule has 2 aliphatic carbocycles. The average Bonchev–Trinajstić information content (AvgIpc) is 2.45. The van der Waals surface area contributed by atoms with Crippen molar-refractivity contribution in [2.24, 2.45) is 17.8 Å². The van der Waals surface area contributed by atoms with Gasteiger partial charge in [0.1, 0.15) is 0 Å². The molecule has 0 amide bonds. The molecule has 48 valence electrons. The Morgan fingerprint density at radius 2 is 2.22 bits per heavy atom. The molecule has 2 rings (SSSR count). The van der Waals surface area contributed by atoms with E-state index in [4.69, 9.17) is 0 Å². The Hall–Kier alpha value is -0.520. The minimum absolute atomic E-state index is 0.806. The molecule has 9 heavy (non-hydrogen) atoms. The molecule has 0 heterocycles. The van der Waals surface area contributed by atoms with E-state index in [1.165, 1.54) is 12.8 Å². The van der Waals surface area contributed by atoms with Gasteiger partial charge in [-0.2, -0.15) is 0 Å². The predicted molar refractivity (Wildman–Crippen MR) is 39.0 cm³/mol. The first-order valence-corrected chi connectivity index (χ1v) is 3.71. The van der Waals surface area contributed by atoms with E-state index < -0.39 is 0 Å². The summed E-state index contributed by atoms with van der Waals surface area (Å²) in [6.45, 7) is 3.83. The van der Waals surface area contributed by atoms with Gasteiger partial charge in [0.05, 0.1) is 0 Å². The molecule has 1 fully saturated rings. The molecule has 0 aromatic carbocycles. The zero-order valence-electron chi connectivity index (χ0n) is 5.59. The summed E-state index contributed by atoms with van der Waals surface area (Å²) in [6, 6.07) is 0. The lowest BCUT2D eigenvalue weighted by molar-refractivity contribution is 0.551. The van der Waals surface area contributed by atoms with Gasteiger partial charge >= 0.3 is 0 Å². The summed E-state index contributed by atoms with van der Waals surface area (Å²) >= 11 is 0. The van der Waals surface area contributed by atoms with Gasteiger partial charge in [0.25, 0.3) is 0 Å². The first-order chi connectivity index (χ1) is 4.40. The standard InChI is InChI=1S/C9H12/c1-2-8-5-7-3-4-9(8)6-7/h2-4,7-9H,1,5-6H2/t7-,8+,9+/m0/s1. The molecule has 0 heteroatoms. The minimum atomic E-state index is 0.806. The Labute approximate surface area is 56.3 Å². The maximum atomic E-state index is 3.83. The van der Waals surface area contributed by atoms with Crippen molar-refractivity contribution in [1.29, 1.82) is 0 Å². The lowest BCUT2D eigenvalue weighted by Crippen LogP contribution is -2.01. The van der Waals surface area contributed by atoms with Crippen molar-refractivity contribution in [3.05, 3.63) is 24.8 Å². The fraction of sp³-hybridized carbons (Fsp3) is 0.556. The Morgan fingerprint density at radius 1 is 1.33 bits per heavy atom. The van der Waals surface area contributed by atoms with E-state index in [2.05, 4.69) is 24.8 Å². The number of hydrogen-bond donors (Lipinski definition) is 0. The Bertz CT molecular complexity index is 155. The molecule has 0 aromatic rings. The van der Waals surface area contributed by atoms with Crippen molar-refractivity contribution in [2.45, 2.75) is 12.8 Å². The lowest BCUT2D eigenvalue weighted by Gasteiger charge is -2.11. The maximum Gasteiger partial charge on any atom is -0.0165 e. The van der Waals surface area contributed by atoms with Crippen LogP contribution in [-0.4, -0.2) is 0 Å². The van der Waals surface area contributed by atoms with Crippen LogP contribution in [-0.2, 0) is 0 Å². The first kappa shape index (κ1) is 5.28. The molecule has 0 N–H and O–H groups in total. The van der Waals surface area contributed by atoms with Crippen LogP contribution in [0.3, 0.4) is 0 Å². The molecule has 0 aliphatic heterocycles. The molecule has 0 aromatic heterocycles. The molecule has 0 spiro atoms. The van der Waals surface area contributed by atoms with E-state index in [1.54, 1.807) is 0 Å². The maximum absolute atomic E-state index is 3.83. The van der Waals surface area contributed by atoms with Gasteiger partial charge in [-0.15, -0.1) is 6.58 Å². The van der Waals surface area contributed by atoms with E-state index in [-0.39, 0.29) is 0 Å². The van der Waals surface area contributed by atoms with Gasteiger partial charge in [-0.05, 0) is 30.6 Å². The van der Waals surface area contributed by atoms with Gasteiger partial charge in [0, 0.05) is 0 Å². The average molecular weight is 120 g/mol. The Kier molecular flexibility index (Phi) is 1.01. The zero-order valence-corrected chi connectivity index (χ0v) is 5.59. The summed E-state index contributed by atoms with van der Waals surface area (Å²) < 4.78 is 0. The molecule has 0 saturated heterocycles. The van der Waals surface area contributed by atoms with Crippen LogP contribution < -0.4 is 0 Å². The van der Waals surface area contributed by atoms with Crippen LogP contribution in [0.4, 0.5) is 0 Å². The summed E-state index contributed by atoms with van der Waals surface area (Å²) in [5.74, 6) is 2.56. The smallest absolute Gasteiger partial charge is 0.0165 e. The second-order valence-electron chi connectivity index (χ2n) is 3.18. The molecular formula is C9H12. The van der Waals surface area contributed by atoms with Gasteiger partial charge in [0.2, 0.25) is 0 Å². The topological polar surface area (TPSA) is 0 Å². The highest BCUT2D eigenvalue weighted by Gasteiger charge is 2.33. The monoisotopic (exact) mass is 120 g/mol. The molecule has 1 saturated carbocycles. The van der Waals surface area contributed by atoms with Gasteiger partial charge in [-0.1, -0.05) is 18.2 Å². The molecule has 0 radical (unpaired) electrons. The molecule has 0 unspecified atom stereocenters. The second kappa shape index (κ2) is 1.73. The van der Waals surface area contributed by atoms with Crippen molar-refractivity contribution >= 4 is 0 Å². The summed E-state index contributed by atoms with van der Waals surface area (Å²) in [6.07, 6.45) is 9.61. The minimum Gasteiger partial charge on any atom is -0.103 e. The molecule has 2 bridgehead atoms. The highest BCUT2D eigenvalue weighted by atomic mass is 14.4. The van der Waals surface area contributed by atoms with Crippen LogP contribution in [0.5, 0.6) is 0 Å². The summed E-state index contributed by atoms with van der Waals surface area (Å²) in [5.41, 5.74) is 0. The van der Waals surface area contributed by atoms with Crippen molar-refractivity contribution in [2.75, 3.05) is 0 Å². The van der Waals surface area contributed by atoms with Crippen molar-refractivity contribution in [3.63, 3.8) is 0 Å². The van der Waals surface area contributed by atoms with Crippen LogP contribution in [0.2, 0.25) is 0 Å². The summed E-state index contributed by atoms with van der Waals surface area (Å²) in [5, 5.41) is 0. The number of fused-ring (bicyclic) bond motifs is 2. The van der Waals surface area contributed by atoms with E-state index in [0.717, 1.165) is 17.8 Å². The first-order valence-electron chi connectivity index (χ1n) is 3.71. The zero-order chi connectivity index (χ0) is 6.27. The number of rotatable bonds is 1. The Balaban J connectivity index is 2.19. The highest BCUT2D eigenvalue weighted by molar-refractivity contribution is 5.13.